The molecule has 0 atom stereocenters. The molecule has 0 fully saturated rings. The maximum atomic E-state index is 13.3. The third-order valence-electron chi connectivity index (χ3n) is 5.50. The van der Waals surface area contributed by atoms with E-state index in [1.54, 1.807) is 25.5 Å². The molecule has 0 N–H and O–H groups in total. The fraction of sp³-hybridized carbons (Fsp3) is 0.222. The van der Waals surface area contributed by atoms with Gasteiger partial charge in [-0.15, -0.1) is 0 Å². The van der Waals surface area contributed by atoms with Crippen molar-refractivity contribution >= 4 is 60.6 Å². The minimum absolute atomic E-state index is 0.242. The van der Waals surface area contributed by atoms with E-state index in [-0.39, 0.29) is 5.56 Å². The second-order valence-electron chi connectivity index (χ2n) is 8.20. The Labute approximate surface area is 231 Å². The van der Waals surface area contributed by atoms with Gasteiger partial charge >= 0.3 is 0 Å². The summed E-state index contributed by atoms with van der Waals surface area (Å²) in [7, 11) is 1.55. The number of nitrogens with zero attached hydrogens (tertiary/aromatic N) is 3. The number of aryl methyl sites for hydroxylation is 2. The topological polar surface area (TPSA) is 65.7 Å². The van der Waals surface area contributed by atoms with E-state index in [1.165, 1.54) is 4.68 Å². The Morgan fingerprint density at radius 2 is 1.97 bits per heavy atom. The fourth-order valence-corrected chi connectivity index (χ4v) is 4.78. The molecule has 0 aliphatic heterocycles. The van der Waals surface area contributed by atoms with E-state index in [2.05, 4.69) is 48.0 Å². The van der Waals surface area contributed by atoms with Crippen molar-refractivity contribution in [2.75, 3.05) is 7.11 Å². The SMILES string of the molecule is CCCc1nc2ccc(Br)cc2c(=O)n1N=Cc1cc(OC)c(OCc2cccc(C)c2)c(Cl)c1Br. The molecule has 186 valence electrons. The summed E-state index contributed by atoms with van der Waals surface area (Å²) in [6, 6.07) is 15.3. The van der Waals surface area contributed by atoms with Gasteiger partial charge in [0.15, 0.2) is 11.5 Å². The summed E-state index contributed by atoms with van der Waals surface area (Å²) in [5, 5.41) is 5.34. The van der Waals surface area contributed by atoms with E-state index < -0.39 is 0 Å². The number of hydrogen-bond acceptors (Lipinski definition) is 5. The van der Waals surface area contributed by atoms with E-state index in [1.807, 2.05) is 44.2 Å². The minimum atomic E-state index is -0.242. The summed E-state index contributed by atoms with van der Waals surface area (Å²) in [6.07, 6.45) is 2.99. The van der Waals surface area contributed by atoms with Crippen molar-refractivity contribution in [3.05, 3.63) is 95.4 Å². The number of benzene rings is 3. The zero-order valence-corrected chi connectivity index (χ0v) is 23.9. The summed E-state index contributed by atoms with van der Waals surface area (Å²) >= 11 is 13.7. The predicted octanol–water partition coefficient (Wildman–Crippen LogP) is 7.31. The highest BCUT2D eigenvalue weighted by Crippen LogP contribution is 2.42. The molecule has 0 bridgehead atoms. The zero-order valence-electron chi connectivity index (χ0n) is 20.0. The lowest BCUT2D eigenvalue weighted by Gasteiger charge is -2.15. The molecule has 0 aliphatic carbocycles. The molecular formula is C27H24Br2ClN3O3. The maximum absolute atomic E-state index is 13.3. The van der Waals surface area contributed by atoms with Crippen LogP contribution in [0.1, 0.15) is 35.9 Å². The van der Waals surface area contributed by atoms with Gasteiger partial charge in [0.25, 0.3) is 5.56 Å². The van der Waals surface area contributed by atoms with Crippen LogP contribution in [0.5, 0.6) is 11.5 Å². The molecular weight excluding hydrogens is 610 g/mol. The zero-order chi connectivity index (χ0) is 25.8. The molecule has 0 spiro atoms. The third kappa shape index (κ3) is 5.66. The summed E-state index contributed by atoms with van der Waals surface area (Å²) in [6.45, 7) is 4.40. The van der Waals surface area contributed by atoms with Crippen molar-refractivity contribution < 1.29 is 9.47 Å². The van der Waals surface area contributed by atoms with E-state index >= 15 is 0 Å². The first-order chi connectivity index (χ1) is 17.3. The number of methoxy groups -OCH3 is 1. The molecule has 4 rings (SSSR count). The van der Waals surface area contributed by atoms with E-state index in [4.69, 9.17) is 21.1 Å². The molecule has 0 aliphatic rings. The van der Waals surface area contributed by atoms with Crippen LogP contribution in [0.4, 0.5) is 0 Å². The molecule has 0 amide bonds. The molecule has 1 aromatic heterocycles. The molecule has 6 nitrogen and oxygen atoms in total. The van der Waals surface area contributed by atoms with Gasteiger partial charge in [0.2, 0.25) is 0 Å². The Balaban J connectivity index is 1.72. The van der Waals surface area contributed by atoms with Gasteiger partial charge in [-0.05, 0) is 59.1 Å². The molecule has 0 saturated carbocycles. The van der Waals surface area contributed by atoms with Gasteiger partial charge < -0.3 is 9.47 Å². The van der Waals surface area contributed by atoms with Crippen molar-refractivity contribution in [1.82, 2.24) is 9.66 Å². The highest BCUT2D eigenvalue weighted by molar-refractivity contribution is 9.10. The molecule has 0 radical (unpaired) electrons. The highest BCUT2D eigenvalue weighted by atomic mass is 79.9. The van der Waals surface area contributed by atoms with Crippen molar-refractivity contribution in [3.63, 3.8) is 0 Å². The van der Waals surface area contributed by atoms with Gasteiger partial charge in [-0.25, -0.2) is 4.98 Å². The van der Waals surface area contributed by atoms with Crippen LogP contribution in [0.25, 0.3) is 10.9 Å². The van der Waals surface area contributed by atoms with Gasteiger partial charge in [0, 0.05) is 20.9 Å². The molecule has 1 heterocycles. The number of rotatable bonds is 8. The van der Waals surface area contributed by atoms with Crippen molar-refractivity contribution in [2.45, 2.75) is 33.3 Å². The molecule has 36 heavy (non-hydrogen) atoms. The standard InChI is InChI=1S/C27H24Br2ClN3O3/c1-4-6-23-32-21-10-9-19(28)13-20(21)27(34)33(23)31-14-18-12-22(35-3)26(25(30)24(18)29)36-15-17-8-5-7-16(2)11-17/h5,7-14H,4,6,15H2,1-3H3. The van der Waals surface area contributed by atoms with Crippen LogP contribution in [-0.4, -0.2) is 23.0 Å². The first-order valence-corrected chi connectivity index (χ1v) is 13.3. The third-order valence-corrected chi connectivity index (χ3v) is 7.44. The lowest BCUT2D eigenvalue weighted by molar-refractivity contribution is 0.284. The number of ether oxygens (including phenoxy) is 2. The number of hydrogen-bond donors (Lipinski definition) is 0. The van der Waals surface area contributed by atoms with Crippen LogP contribution in [0.2, 0.25) is 5.02 Å². The summed E-state index contributed by atoms with van der Waals surface area (Å²) in [4.78, 5) is 17.9. The van der Waals surface area contributed by atoms with E-state index in [0.717, 1.165) is 22.0 Å². The van der Waals surface area contributed by atoms with Crippen LogP contribution in [0.15, 0.2) is 67.4 Å². The van der Waals surface area contributed by atoms with Crippen LogP contribution in [0.3, 0.4) is 0 Å². The van der Waals surface area contributed by atoms with Gasteiger partial charge in [-0.2, -0.15) is 9.78 Å². The molecule has 3 aromatic carbocycles. The molecule has 9 heteroatoms. The predicted molar refractivity (Wildman–Crippen MR) is 152 cm³/mol. The van der Waals surface area contributed by atoms with Crippen molar-refractivity contribution in [1.29, 1.82) is 0 Å². The average molecular weight is 634 g/mol. The maximum Gasteiger partial charge on any atom is 0.282 e. The molecule has 0 saturated heterocycles. The molecule has 4 aromatic rings. The lowest BCUT2D eigenvalue weighted by Crippen LogP contribution is -2.22. The Hall–Kier alpha value is -2.68. The van der Waals surface area contributed by atoms with Crippen LogP contribution >= 0.6 is 43.5 Å². The normalized spacial score (nSPS) is 11.4. The quantitative estimate of drug-likeness (QED) is 0.191. The van der Waals surface area contributed by atoms with Crippen LogP contribution < -0.4 is 15.0 Å². The van der Waals surface area contributed by atoms with E-state index in [9.17, 15) is 4.79 Å². The Kier molecular flexibility index (Phi) is 8.49. The lowest BCUT2D eigenvalue weighted by atomic mass is 10.1. The number of fused-ring (bicyclic) bond motifs is 1. The van der Waals surface area contributed by atoms with Crippen LogP contribution in [0, 0.1) is 6.92 Å². The Morgan fingerprint density at radius 3 is 2.69 bits per heavy atom. The first-order valence-electron chi connectivity index (χ1n) is 11.3. The Bertz CT molecular complexity index is 1520. The van der Waals surface area contributed by atoms with Gasteiger partial charge in [0.05, 0.1) is 24.2 Å². The highest BCUT2D eigenvalue weighted by Gasteiger charge is 2.18. The smallest absolute Gasteiger partial charge is 0.282 e. The summed E-state index contributed by atoms with van der Waals surface area (Å²) < 4.78 is 14.3. The monoisotopic (exact) mass is 631 g/mol. The van der Waals surface area contributed by atoms with Crippen molar-refractivity contribution in [3.8, 4) is 11.5 Å². The largest absolute Gasteiger partial charge is 0.493 e. The van der Waals surface area contributed by atoms with Gasteiger partial charge in [0.1, 0.15) is 17.5 Å². The fourth-order valence-electron chi connectivity index (χ4n) is 3.76. The van der Waals surface area contributed by atoms with Crippen LogP contribution in [-0.2, 0) is 13.0 Å². The van der Waals surface area contributed by atoms with Crippen molar-refractivity contribution in [2.24, 2.45) is 5.10 Å². The average Bonchev–Trinajstić information content (AvgIpc) is 2.86. The number of aromatic nitrogens is 2. The van der Waals surface area contributed by atoms with Gasteiger partial charge in [-0.1, -0.05) is 64.3 Å². The second kappa shape index (κ2) is 11.6. The number of halogens is 3. The van der Waals surface area contributed by atoms with Gasteiger partial charge in [-0.3, -0.25) is 4.79 Å². The summed E-state index contributed by atoms with van der Waals surface area (Å²) in [5.41, 5.74) is 3.19. The first kappa shape index (κ1) is 26.4. The molecule has 0 unspecified atom stereocenters. The van der Waals surface area contributed by atoms with E-state index in [0.29, 0.717) is 56.3 Å². The minimum Gasteiger partial charge on any atom is -0.493 e. The summed E-state index contributed by atoms with van der Waals surface area (Å²) in [5.74, 6) is 1.46. The Morgan fingerprint density at radius 1 is 1.17 bits per heavy atom. The second-order valence-corrected chi connectivity index (χ2v) is 10.3.